The second-order valence-corrected chi connectivity index (χ2v) is 5.23. The van der Waals surface area contributed by atoms with Gasteiger partial charge in [0.05, 0.1) is 24.6 Å². The van der Waals surface area contributed by atoms with E-state index in [1.165, 1.54) is 0 Å². The molecule has 0 aliphatic heterocycles. The third-order valence-corrected chi connectivity index (χ3v) is 3.37. The van der Waals surface area contributed by atoms with Gasteiger partial charge in [-0.15, -0.1) is 0 Å². The zero-order valence-electron chi connectivity index (χ0n) is 12.7. The number of carboxylic acids is 1. The first-order valence-electron chi connectivity index (χ1n) is 6.91. The summed E-state index contributed by atoms with van der Waals surface area (Å²) in [5.41, 5.74) is 1.85. The fourth-order valence-corrected chi connectivity index (χ4v) is 2.25. The van der Waals surface area contributed by atoms with Gasteiger partial charge in [-0.3, -0.25) is 4.79 Å². The number of benzene rings is 1. The van der Waals surface area contributed by atoms with Crippen LogP contribution < -0.4 is 4.74 Å². The van der Waals surface area contributed by atoms with Gasteiger partial charge in [0.15, 0.2) is 0 Å². The SMILES string of the molecule is COc1ccc2c(c1)nc(CCC(=O)O)n2CCN(C)C. The molecule has 2 rings (SSSR count). The molecule has 0 bridgehead atoms. The average molecular weight is 291 g/mol. The summed E-state index contributed by atoms with van der Waals surface area (Å²) >= 11 is 0. The zero-order chi connectivity index (χ0) is 15.4. The first-order chi connectivity index (χ1) is 10.0. The molecule has 0 atom stereocenters. The van der Waals surface area contributed by atoms with Crippen molar-refractivity contribution in [1.82, 2.24) is 14.5 Å². The second kappa shape index (κ2) is 6.58. The molecule has 6 nitrogen and oxygen atoms in total. The Morgan fingerprint density at radius 3 is 2.81 bits per heavy atom. The number of ether oxygens (including phenoxy) is 1. The number of nitrogens with zero attached hydrogens (tertiary/aromatic N) is 3. The molecule has 0 fully saturated rings. The molecule has 114 valence electrons. The van der Waals surface area contributed by atoms with E-state index in [9.17, 15) is 4.79 Å². The number of likely N-dealkylation sites (N-methyl/N-ethyl adjacent to an activating group) is 1. The smallest absolute Gasteiger partial charge is 0.303 e. The molecular formula is C15H21N3O3. The Morgan fingerprint density at radius 1 is 1.43 bits per heavy atom. The summed E-state index contributed by atoms with van der Waals surface area (Å²) in [6.07, 6.45) is 0.516. The molecule has 6 heteroatoms. The lowest BCUT2D eigenvalue weighted by molar-refractivity contribution is -0.137. The minimum Gasteiger partial charge on any atom is -0.497 e. The van der Waals surface area contributed by atoms with Crippen LogP contribution in [0.25, 0.3) is 11.0 Å². The number of aromatic nitrogens is 2. The van der Waals surface area contributed by atoms with Crippen LogP contribution in [-0.4, -0.2) is 53.3 Å². The van der Waals surface area contributed by atoms with Crippen LogP contribution in [0.15, 0.2) is 18.2 Å². The zero-order valence-corrected chi connectivity index (χ0v) is 12.7. The number of hydrogen-bond donors (Lipinski definition) is 1. The average Bonchev–Trinajstić information content (AvgIpc) is 2.79. The largest absolute Gasteiger partial charge is 0.497 e. The Kier molecular flexibility index (Phi) is 4.80. The molecule has 0 aliphatic carbocycles. The van der Waals surface area contributed by atoms with Crippen LogP contribution in [0.3, 0.4) is 0 Å². The highest BCUT2D eigenvalue weighted by molar-refractivity contribution is 5.78. The van der Waals surface area contributed by atoms with E-state index < -0.39 is 5.97 Å². The molecule has 0 saturated carbocycles. The first-order valence-corrected chi connectivity index (χ1v) is 6.91. The van der Waals surface area contributed by atoms with Gasteiger partial charge in [0.2, 0.25) is 0 Å². The molecule has 0 radical (unpaired) electrons. The van der Waals surface area contributed by atoms with Crippen molar-refractivity contribution in [3.05, 3.63) is 24.0 Å². The number of methoxy groups -OCH3 is 1. The van der Waals surface area contributed by atoms with Crippen LogP contribution in [0.1, 0.15) is 12.2 Å². The second-order valence-electron chi connectivity index (χ2n) is 5.23. The normalized spacial score (nSPS) is 11.2. The number of rotatable bonds is 7. The predicted octanol–water partition coefficient (Wildman–Crippen LogP) is 1.62. The quantitative estimate of drug-likeness (QED) is 0.839. The summed E-state index contributed by atoms with van der Waals surface area (Å²) in [6, 6.07) is 5.75. The van der Waals surface area contributed by atoms with Gasteiger partial charge in [0.1, 0.15) is 11.6 Å². The van der Waals surface area contributed by atoms with Gasteiger partial charge in [0.25, 0.3) is 0 Å². The van der Waals surface area contributed by atoms with Crippen molar-refractivity contribution in [1.29, 1.82) is 0 Å². The third-order valence-electron chi connectivity index (χ3n) is 3.37. The summed E-state index contributed by atoms with van der Waals surface area (Å²) < 4.78 is 7.31. The summed E-state index contributed by atoms with van der Waals surface area (Å²) in [5, 5.41) is 8.88. The number of carboxylic acid groups (broad SMARTS) is 1. The lowest BCUT2D eigenvalue weighted by atomic mass is 10.3. The molecular weight excluding hydrogens is 270 g/mol. The highest BCUT2D eigenvalue weighted by atomic mass is 16.5. The molecule has 1 heterocycles. The van der Waals surface area contributed by atoms with E-state index >= 15 is 0 Å². The van der Waals surface area contributed by atoms with E-state index in [0.29, 0.717) is 6.42 Å². The van der Waals surface area contributed by atoms with E-state index in [0.717, 1.165) is 35.7 Å². The highest BCUT2D eigenvalue weighted by Crippen LogP contribution is 2.22. The maximum absolute atomic E-state index is 10.8. The summed E-state index contributed by atoms with van der Waals surface area (Å²) in [7, 11) is 5.65. The van der Waals surface area contributed by atoms with E-state index in [2.05, 4.69) is 14.5 Å². The number of fused-ring (bicyclic) bond motifs is 1. The lowest BCUT2D eigenvalue weighted by Crippen LogP contribution is -2.19. The Bertz CT molecular complexity index is 634. The van der Waals surface area contributed by atoms with Gasteiger partial charge in [-0.2, -0.15) is 0 Å². The van der Waals surface area contributed by atoms with Gasteiger partial charge in [-0.25, -0.2) is 4.98 Å². The molecule has 0 amide bonds. The number of aliphatic carboxylic acids is 1. The summed E-state index contributed by atoms with van der Waals surface area (Å²) in [4.78, 5) is 17.5. The Morgan fingerprint density at radius 2 is 2.19 bits per heavy atom. The molecule has 0 aliphatic rings. The Hall–Kier alpha value is -2.08. The molecule has 1 aromatic carbocycles. The highest BCUT2D eigenvalue weighted by Gasteiger charge is 2.13. The van der Waals surface area contributed by atoms with Crippen LogP contribution >= 0.6 is 0 Å². The summed E-state index contributed by atoms with van der Waals surface area (Å²) in [6.45, 7) is 1.66. The fraction of sp³-hybridized carbons (Fsp3) is 0.467. The molecule has 0 spiro atoms. The van der Waals surface area contributed by atoms with Gasteiger partial charge in [-0.1, -0.05) is 0 Å². The van der Waals surface area contributed by atoms with Gasteiger partial charge >= 0.3 is 5.97 Å². The van der Waals surface area contributed by atoms with Crippen molar-refractivity contribution in [2.45, 2.75) is 19.4 Å². The monoisotopic (exact) mass is 291 g/mol. The van der Waals surface area contributed by atoms with Crippen LogP contribution in [-0.2, 0) is 17.8 Å². The van der Waals surface area contributed by atoms with Crippen LogP contribution in [0, 0.1) is 0 Å². The van der Waals surface area contributed by atoms with Crippen LogP contribution in [0.4, 0.5) is 0 Å². The molecule has 0 unspecified atom stereocenters. The topological polar surface area (TPSA) is 67.6 Å². The van der Waals surface area contributed by atoms with Gasteiger partial charge in [-0.05, 0) is 26.2 Å². The number of carbonyl (C=O) groups is 1. The van der Waals surface area contributed by atoms with Crippen molar-refractivity contribution >= 4 is 17.0 Å². The van der Waals surface area contributed by atoms with E-state index in [4.69, 9.17) is 9.84 Å². The van der Waals surface area contributed by atoms with Crippen LogP contribution in [0.5, 0.6) is 5.75 Å². The number of aryl methyl sites for hydroxylation is 1. The number of hydrogen-bond acceptors (Lipinski definition) is 4. The third kappa shape index (κ3) is 3.72. The van der Waals surface area contributed by atoms with Crippen molar-refractivity contribution in [3.8, 4) is 5.75 Å². The van der Waals surface area contributed by atoms with E-state index in [1.807, 2.05) is 32.3 Å². The van der Waals surface area contributed by atoms with Crippen molar-refractivity contribution in [2.75, 3.05) is 27.7 Å². The lowest BCUT2D eigenvalue weighted by Gasteiger charge is -2.13. The summed E-state index contributed by atoms with van der Waals surface area (Å²) in [5.74, 6) is 0.755. The maximum atomic E-state index is 10.8. The van der Waals surface area contributed by atoms with Crippen molar-refractivity contribution in [2.24, 2.45) is 0 Å². The molecule has 21 heavy (non-hydrogen) atoms. The van der Waals surface area contributed by atoms with Crippen molar-refractivity contribution in [3.63, 3.8) is 0 Å². The number of imidazole rings is 1. The predicted molar refractivity (Wildman–Crippen MR) is 80.8 cm³/mol. The molecule has 2 aromatic rings. The molecule has 1 N–H and O–H groups in total. The first kappa shape index (κ1) is 15.3. The van der Waals surface area contributed by atoms with Gasteiger partial charge < -0.3 is 19.3 Å². The minimum atomic E-state index is -0.807. The van der Waals surface area contributed by atoms with Crippen molar-refractivity contribution < 1.29 is 14.6 Å². The maximum Gasteiger partial charge on any atom is 0.303 e. The molecule has 1 aromatic heterocycles. The fourth-order valence-electron chi connectivity index (χ4n) is 2.25. The van der Waals surface area contributed by atoms with Gasteiger partial charge in [0, 0.05) is 25.6 Å². The van der Waals surface area contributed by atoms with E-state index in [1.54, 1.807) is 7.11 Å². The Labute approximate surface area is 124 Å². The minimum absolute atomic E-state index is 0.0857. The standard InChI is InChI=1S/C15H21N3O3/c1-17(2)8-9-18-13-5-4-11(21-3)10-12(13)16-14(18)6-7-15(19)20/h4-5,10H,6-9H2,1-3H3,(H,19,20). The van der Waals surface area contributed by atoms with Crippen LogP contribution in [0.2, 0.25) is 0 Å². The molecule has 0 saturated heterocycles. The van der Waals surface area contributed by atoms with E-state index in [-0.39, 0.29) is 6.42 Å². The Balaban J connectivity index is 2.37.